The fourth-order valence-electron chi connectivity index (χ4n) is 3.73. The standard InChI is InChI=1S/C22H27N5O.ClH/c1-3-20-24-22(28-25-20)19-9-5-10-23-21(19)27-12-6-11-26(13-14-27)16-18-8-4-7-17(2)15-18;/h4-5,7-10,15H,3,6,11-14,16H2,1-2H3;1H. The highest BCUT2D eigenvalue weighted by Gasteiger charge is 2.21. The molecule has 1 fully saturated rings. The molecule has 6 nitrogen and oxygen atoms in total. The minimum absolute atomic E-state index is 0. The Bertz CT molecular complexity index is 929. The molecule has 0 aliphatic carbocycles. The zero-order valence-electron chi connectivity index (χ0n) is 17.0. The number of nitrogens with zero attached hydrogens (tertiary/aromatic N) is 5. The molecule has 7 heteroatoms. The van der Waals surface area contributed by atoms with Crippen molar-refractivity contribution in [2.45, 2.75) is 33.2 Å². The number of hydrogen-bond donors (Lipinski definition) is 0. The van der Waals surface area contributed by atoms with E-state index in [1.54, 1.807) is 0 Å². The summed E-state index contributed by atoms with van der Waals surface area (Å²) in [6.45, 7) is 9.18. The summed E-state index contributed by atoms with van der Waals surface area (Å²) in [6, 6.07) is 12.7. The van der Waals surface area contributed by atoms with Crippen LogP contribution in [0.25, 0.3) is 11.5 Å². The summed E-state index contributed by atoms with van der Waals surface area (Å²) in [6.07, 6.45) is 3.70. The average Bonchev–Trinajstić information content (AvgIpc) is 3.08. The number of benzene rings is 1. The fraction of sp³-hybridized carbons (Fsp3) is 0.409. The normalized spacial score (nSPS) is 15.0. The van der Waals surface area contributed by atoms with Crippen LogP contribution in [0, 0.1) is 6.92 Å². The maximum absolute atomic E-state index is 5.48. The molecule has 1 saturated heterocycles. The molecule has 0 bridgehead atoms. The van der Waals surface area contributed by atoms with Gasteiger partial charge >= 0.3 is 0 Å². The number of anilines is 1. The molecule has 0 atom stereocenters. The molecular formula is C22H28ClN5O. The Morgan fingerprint density at radius 2 is 1.97 bits per heavy atom. The van der Waals surface area contributed by atoms with Gasteiger partial charge in [-0.3, -0.25) is 4.90 Å². The van der Waals surface area contributed by atoms with Crippen LogP contribution in [0.5, 0.6) is 0 Å². The third-order valence-corrected chi connectivity index (χ3v) is 5.18. The van der Waals surface area contributed by atoms with Crippen LogP contribution in [0.3, 0.4) is 0 Å². The van der Waals surface area contributed by atoms with Gasteiger partial charge in [0.05, 0.1) is 5.56 Å². The molecule has 4 rings (SSSR count). The van der Waals surface area contributed by atoms with Gasteiger partial charge in [-0.05, 0) is 31.0 Å². The zero-order chi connectivity index (χ0) is 19.3. The second kappa shape index (κ2) is 9.85. The predicted octanol–water partition coefficient (Wildman–Crippen LogP) is 4.14. The van der Waals surface area contributed by atoms with E-state index < -0.39 is 0 Å². The Hall–Kier alpha value is -2.44. The summed E-state index contributed by atoms with van der Waals surface area (Å²) >= 11 is 0. The smallest absolute Gasteiger partial charge is 0.261 e. The van der Waals surface area contributed by atoms with Gasteiger partial charge in [0.15, 0.2) is 5.82 Å². The maximum atomic E-state index is 5.48. The summed E-state index contributed by atoms with van der Waals surface area (Å²) < 4.78 is 5.48. The lowest BCUT2D eigenvalue weighted by atomic mass is 10.1. The largest absolute Gasteiger partial charge is 0.355 e. The first-order valence-electron chi connectivity index (χ1n) is 10.0. The molecule has 29 heavy (non-hydrogen) atoms. The fourth-order valence-corrected chi connectivity index (χ4v) is 3.73. The molecule has 0 N–H and O–H groups in total. The number of rotatable bonds is 5. The molecule has 0 radical (unpaired) electrons. The number of aryl methyl sites for hydroxylation is 2. The van der Waals surface area contributed by atoms with Crippen LogP contribution in [0.2, 0.25) is 0 Å². The van der Waals surface area contributed by atoms with Crippen LogP contribution in [-0.4, -0.2) is 46.2 Å². The van der Waals surface area contributed by atoms with Crippen molar-refractivity contribution in [3.8, 4) is 11.5 Å². The minimum Gasteiger partial charge on any atom is -0.355 e. The first-order valence-corrected chi connectivity index (χ1v) is 10.0. The Kier molecular flexibility index (Phi) is 7.23. The van der Waals surface area contributed by atoms with Crippen LogP contribution < -0.4 is 4.90 Å². The third kappa shape index (κ3) is 5.14. The van der Waals surface area contributed by atoms with Crippen molar-refractivity contribution < 1.29 is 4.52 Å². The second-order valence-electron chi connectivity index (χ2n) is 7.35. The zero-order valence-corrected chi connectivity index (χ0v) is 17.9. The molecule has 3 aromatic rings. The van der Waals surface area contributed by atoms with Gasteiger partial charge in [0.2, 0.25) is 0 Å². The van der Waals surface area contributed by atoms with E-state index in [1.165, 1.54) is 11.1 Å². The van der Waals surface area contributed by atoms with Gasteiger partial charge in [0.25, 0.3) is 5.89 Å². The summed E-state index contributed by atoms with van der Waals surface area (Å²) in [5.41, 5.74) is 3.62. The van der Waals surface area contributed by atoms with Gasteiger partial charge in [-0.25, -0.2) is 4.98 Å². The lowest BCUT2D eigenvalue weighted by Crippen LogP contribution is -2.31. The molecule has 154 valence electrons. The van der Waals surface area contributed by atoms with Crippen molar-refractivity contribution in [3.63, 3.8) is 0 Å². The lowest BCUT2D eigenvalue weighted by molar-refractivity contribution is 0.285. The van der Waals surface area contributed by atoms with E-state index in [0.29, 0.717) is 5.89 Å². The van der Waals surface area contributed by atoms with Crippen molar-refractivity contribution in [1.82, 2.24) is 20.0 Å². The van der Waals surface area contributed by atoms with Crippen molar-refractivity contribution in [2.24, 2.45) is 0 Å². The van der Waals surface area contributed by atoms with E-state index >= 15 is 0 Å². The number of hydrogen-bond acceptors (Lipinski definition) is 6. The summed E-state index contributed by atoms with van der Waals surface area (Å²) in [5, 5.41) is 4.04. The first kappa shape index (κ1) is 21.3. The van der Waals surface area contributed by atoms with E-state index in [0.717, 1.165) is 62.8 Å². The monoisotopic (exact) mass is 413 g/mol. The molecule has 1 aromatic carbocycles. The van der Waals surface area contributed by atoms with Crippen molar-refractivity contribution >= 4 is 18.2 Å². The Morgan fingerprint density at radius 3 is 2.76 bits per heavy atom. The van der Waals surface area contributed by atoms with Crippen molar-refractivity contribution in [3.05, 3.63) is 59.5 Å². The topological polar surface area (TPSA) is 58.3 Å². The molecule has 1 aliphatic rings. The highest BCUT2D eigenvalue weighted by molar-refractivity contribution is 5.85. The Morgan fingerprint density at radius 1 is 1.07 bits per heavy atom. The van der Waals surface area contributed by atoms with E-state index in [1.807, 2.05) is 25.3 Å². The number of halogens is 1. The van der Waals surface area contributed by atoms with Gasteiger partial charge < -0.3 is 9.42 Å². The van der Waals surface area contributed by atoms with E-state index in [-0.39, 0.29) is 12.4 Å². The minimum atomic E-state index is 0. The summed E-state index contributed by atoms with van der Waals surface area (Å²) in [7, 11) is 0. The van der Waals surface area contributed by atoms with E-state index in [4.69, 9.17) is 4.52 Å². The predicted molar refractivity (Wildman–Crippen MR) is 117 cm³/mol. The molecule has 3 heterocycles. The van der Waals surface area contributed by atoms with Crippen molar-refractivity contribution in [1.29, 1.82) is 0 Å². The molecule has 0 amide bonds. The average molecular weight is 414 g/mol. The van der Waals surface area contributed by atoms with Crippen LogP contribution in [0.1, 0.15) is 30.3 Å². The first-order chi connectivity index (χ1) is 13.7. The van der Waals surface area contributed by atoms with Crippen LogP contribution in [-0.2, 0) is 13.0 Å². The maximum Gasteiger partial charge on any atom is 0.261 e. The van der Waals surface area contributed by atoms with Gasteiger partial charge in [-0.1, -0.05) is 41.9 Å². The molecule has 1 aliphatic heterocycles. The molecule has 0 unspecified atom stereocenters. The van der Waals surface area contributed by atoms with E-state index in [2.05, 4.69) is 56.1 Å². The van der Waals surface area contributed by atoms with Crippen LogP contribution >= 0.6 is 12.4 Å². The van der Waals surface area contributed by atoms with E-state index in [9.17, 15) is 0 Å². The highest BCUT2D eigenvalue weighted by Crippen LogP contribution is 2.28. The van der Waals surface area contributed by atoms with Crippen LogP contribution in [0.15, 0.2) is 47.1 Å². The molecule has 2 aromatic heterocycles. The summed E-state index contributed by atoms with van der Waals surface area (Å²) in [4.78, 5) is 14.0. The number of pyridine rings is 1. The highest BCUT2D eigenvalue weighted by atomic mass is 35.5. The lowest BCUT2D eigenvalue weighted by Gasteiger charge is -2.24. The summed E-state index contributed by atoms with van der Waals surface area (Å²) in [5.74, 6) is 2.22. The molecule has 0 spiro atoms. The van der Waals surface area contributed by atoms with Gasteiger partial charge in [0.1, 0.15) is 5.82 Å². The Balaban J connectivity index is 0.00000240. The molecule has 0 saturated carbocycles. The SMILES string of the molecule is CCc1noc(-c2cccnc2N2CCCN(Cc3cccc(C)c3)CC2)n1.Cl. The van der Waals surface area contributed by atoms with Crippen LogP contribution in [0.4, 0.5) is 5.82 Å². The van der Waals surface area contributed by atoms with Crippen molar-refractivity contribution in [2.75, 3.05) is 31.1 Å². The number of aromatic nitrogens is 3. The van der Waals surface area contributed by atoms with Gasteiger partial charge in [0, 0.05) is 45.3 Å². The third-order valence-electron chi connectivity index (χ3n) is 5.18. The quantitative estimate of drug-likeness (QED) is 0.626. The Labute approximate surface area is 178 Å². The van der Waals surface area contributed by atoms with Gasteiger partial charge in [-0.2, -0.15) is 4.98 Å². The van der Waals surface area contributed by atoms with Gasteiger partial charge in [-0.15, -0.1) is 12.4 Å². The molecular weight excluding hydrogens is 386 g/mol. The second-order valence-corrected chi connectivity index (χ2v) is 7.35.